The normalized spacial score (nSPS) is 20.6. The first-order valence-corrected chi connectivity index (χ1v) is 8.40. The van der Waals surface area contributed by atoms with Crippen molar-refractivity contribution in [1.82, 2.24) is 9.80 Å². The smallest absolute Gasteiger partial charge is 0.197 e. The number of guanidine groups is 1. The maximum atomic E-state index is 9.76. The molecule has 3 rings (SSSR count). The van der Waals surface area contributed by atoms with Crippen LogP contribution in [-0.4, -0.2) is 54.2 Å². The lowest BCUT2D eigenvalue weighted by molar-refractivity contribution is 0.264. The van der Waals surface area contributed by atoms with Crippen molar-refractivity contribution in [3.63, 3.8) is 0 Å². The molecule has 4 nitrogen and oxygen atoms in total. The van der Waals surface area contributed by atoms with E-state index in [-0.39, 0.29) is 12.6 Å². The second-order valence-corrected chi connectivity index (χ2v) is 6.37. The van der Waals surface area contributed by atoms with Gasteiger partial charge in [-0.3, -0.25) is 0 Å². The van der Waals surface area contributed by atoms with Crippen LogP contribution in [0.3, 0.4) is 0 Å². The summed E-state index contributed by atoms with van der Waals surface area (Å²) < 4.78 is 0. The Hall–Kier alpha value is -2.33. The van der Waals surface area contributed by atoms with E-state index in [1.165, 1.54) is 11.1 Å². The number of nitrogens with zero attached hydrogens (tertiary/aromatic N) is 3. The van der Waals surface area contributed by atoms with Crippen molar-refractivity contribution >= 4 is 5.96 Å². The van der Waals surface area contributed by atoms with Gasteiger partial charge in [0.05, 0.1) is 18.7 Å². The van der Waals surface area contributed by atoms with Gasteiger partial charge < -0.3 is 14.9 Å². The van der Waals surface area contributed by atoms with Crippen molar-refractivity contribution in [2.75, 3.05) is 27.2 Å². The summed E-state index contributed by atoms with van der Waals surface area (Å²) in [6, 6.07) is 20.9. The predicted molar refractivity (Wildman–Crippen MR) is 98.0 cm³/mol. The SMILES string of the molecule is CN1C[C@@H](c2ccccc2)N(C)C1=NC(CO)Cc1ccccc1. The third-order valence-corrected chi connectivity index (χ3v) is 4.58. The summed E-state index contributed by atoms with van der Waals surface area (Å²) in [5.74, 6) is 0.943. The molecular formula is C20H25N3O. The highest BCUT2D eigenvalue weighted by Crippen LogP contribution is 2.27. The van der Waals surface area contributed by atoms with Gasteiger partial charge in [-0.05, 0) is 17.5 Å². The molecule has 1 heterocycles. The molecular weight excluding hydrogens is 298 g/mol. The number of aliphatic hydroxyl groups is 1. The third-order valence-electron chi connectivity index (χ3n) is 4.58. The van der Waals surface area contributed by atoms with Gasteiger partial charge in [-0.25, -0.2) is 4.99 Å². The topological polar surface area (TPSA) is 39.1 Å². The minimum Gasteiger partial charge on any atom is -0.394 e. The highest BCUT2D eigenvalue weighted by molar-refractivity contribution is 5.82. The molecule has 1 unspecified atom stereocenters. The van der Waals surface area contributed by atoms with E-state index in [9.17, 15) is 5.11 Å². The van der Waals surface area contributed by atoms with Gasteiger partial charge in [-0.15, -0.1) is 0 Å². The summed E-state index contributed by atoms with van der Waals surface area (Å²) in [7, 11) is 4.15. The molecule has 4 heteroatoms. The minimum atomic E-state index is -0.123. The van der Waals surface area contributed by atoms with Crippen LogP contribution in [0, 0.1) is 0 Å². The fourth-order valence-electron chi connectivity index (χ4n) is 3.27. The van der Waals surface area contributed by atoms with E-state index < -0.39 is 0 Å². The molecule has 2 aromatic carbocycles. The zero-order valence-corrected chi connectivity index (χ0v) is 14.3. The lowest BCUT2D eigenvalue weighted by Crippen LogP contribution is -2.32. The highest BCUT2D eigenvalue weighted by Gasteiger charge is 2.32. The number of rotatable bonds is 5. The molecule has 1 fully saturated rings. The Kier molecular flexibility index (Phi) is 5.16. The lowest BCUT2D eigenvalue weighted by Gasteiger charge is -2.22. The summed E-state index contributed by atoms with van der Waals surface area (Å²) in [4.78, 5) is 9.23. The van der Waals surface area contributed by atoms with Gasteiger partial charge in [-0.2, -0.15) is 0 Å². The Balaban J connectivity index is 1.78. The van der Waals surface area contributed by atoms with Crippen molar-refractivity contribution < 1.29 is 5.11 Å². The van der Waals surface area contributed by atoms with Crippen LogP contribution in [0.5, 0.6) is 0 Å². The highest BCUT2D eigenvalue weighted by atomic mass is 16.3. The van der Waals surface area contributed by atoms with Gasteiger partial charge in [0.1, 0.15) is 0 Å². The fraction of sp³-hybridized carbons (Fsp3) is 0.350. The molecule has 0 radical (unpaired) electrons. The van der Waals surface area contributed by atoms with Crippen LogP contribution in [-0.2, 0) is 6.42 Å². The Labute approximate surface area is 144 Å². The standard InChI is InChI=1S/C20H25N3O/c1-22-14-19(17-11-7-4-8-12-17)23(2)20(22)21-18(15-24)13-16-9-5-3-6-10-16/h3-12,18-19,24H,13-15H2,1-2H3/t18?,19-/m0/s1. The number of hydrogen-bond acceptors (Lipinski definition) is 2. The molecule has 1 aliphatic rings. The number of aliphatic hydroxyl groups excluding tert-OH is 1. The maximum absolute atomic E-state index is 9.76. The molecule has 24 heavy (non-hydrogen) atoms. The monoisotopic (exact) mass is 323 g/mol. The van der Waals surface area contributed by atoms with Crippen LogP contribution in [0.1, 0.15) is 17.2 Å². The molecule has 0 aliphatic carbocycles. The van der Waals surface area contributed by atoms with E-state index in [0.717, 1.165) is 18.9 Å². The second-order valence-electron chi connectivity index (χ2n) is 6.37. The molecule has 126 valence electrons. The first kappa shape index (κ1) is 16.5. The minimum absolute atomic E-state index is 0.0517. The van der Waals surface area contributed by atoms with Gasteiger partial charge in [0.25, 0.3) is 0 Å². The van der Waals surface area contributed by atoms with E-state index in [0.29, 0.717) is 6.04 Å². The Bertz CT molecular complexity index is 672. The van der Waals surface area contributed by atoms with E-state index in [4.69, 9.17) is 4.99 Å². The van der Waals surface area contributed by atoms with E-state index in [1.807, 2.05) is 24.3 Å². The lowest BCUT2D eigenvalue weighted by atomic mass is 10.1. The van der Waals surface area contributed by atoms with Crippen molar-refractivity contribution in [3.05, 3.63) is 71.8 Å². The van der Waals surface area contributed by atoms with Crippen LogP contribution < -0.4 is 0 Å². The molecule has 0 amide bonds. The van der Waals surface area contributed by atoms with Gasteiger partial charge in [0, 0.05) is 20.6 Å². The van der Waals surface area contributed by atoms with Crippen molar-refractivity contribution in [1.29, 1.82) is 0 Å². The van der Waals surface area contributed by atoms with E-state index >= 15 is 0 Å². The average molecular weight is 323 g/mol. The van der Waals surface area contributed by atoms with E-state index in [1.54, 1.807) is 0 Å². The maximum Gasteiger partial charge on any atom is 0.197 e. The summed E-state index contributed by atoms with van der Waals surface area (Å²) >= 11 is 0. The number of aliphatic imine (C=N–C) groups is 1. The predicted octanol–water partition coefficient (Wildman–Crippen LogP) is 2.56. The number of benzene rings is 2. The molecule has 1 saturated heterocycles. The van der Waals surface area contributed by atoms with Gasteiger partial charge in [0.15, 0.2) is 5.96 Å². The quantitative estimate of drug-likeness (QED) is 0.919. The Morgan fingerprint density at radius 2 is 1.67 bits per heavy atom. The van der Waals surface area contributed by atoms with Gasteiger partial charge in [0.2, 0.25) is 0 Å². The van der Waals surface area contributed by atoms with Crippen LogP contribution in [0.15, 0.2) is 65.7 Å². The van der Waals surface area contributed by atoms with Crippen LogP contribution in [0.4, 0.5) is 0 Å². The zero-order valence-electron chi connectivity index (χ0n) is 14.3. The van der Waals surface area contributed by atoms with Crippen molar-refractivity contribution in [2.24, 2.45) is 4.99 Å². The average Bonchev–Trinajstić information content (AvgIpc) is 2.91. The van der Waals surface area contributed by atoms with Crippen LogP contribution in [0.2, 0.25) is 0 Å². The van der Waals surface area contributed by atoms with Crippen LogP contribution >= 0.6 is 0 Å². The summed E-state index contributed by atoms with van der Waals surface area (Å²) in [6.45, 7) is 0.957. The molecule has 0 spiro atoms. The number of likely N-dealkylation sites (N-methyl/N-ethyl adjacent to an activating group) is 2. The molecule has 0 aromatic heterocycles. The van der Waals surface area contributed by atoms with Crippen molar-refractivity contribution in [3.8, 4) is 0 Å². The summed E-state index contributed by atoms with van der Waals surface area (Å²) in [5, 5.41) is 9.76. The molecule has 0 bridgehead atoms. The zero-order chi connectivity index (χ0) is 16.9. The first-order valence-electron chi connectivity index (χ1n) is 8.40. The largest absolute Gasteiger partial charge is 0.394 e. The van der Waals surface area contributed by atoms with Crippen molar-refractivity contribution in [2.45, 2.75) is 18.5 Å². The summed E-state index contributed by atoms with van der Waals surface area (Å²) in [6.07, 6.45) is 0.749. The van der Waals surface area contributed by atoms with Gasteiger partial charge in [-0.1, -0.05) is 60.7 Å². The molecule has 1 N–H and O–H groups in total. The van der Waals surface area contributed by atoms with Crippen LogP contribution in [0.25, 0.3) is 0 Å². The Morgan fingerprint density at radius 1 is 1.04 bits per heavy atom. The third kappa shape index (κ3) is 3.60. The van der Waals surface area contributed by atoms with Gasteiger partial charge >= 0.3 is 0 Å². The first-order chi connectivity index (χ1) is 11.7. The number of hydrogen-bond donors (Lipinski definition) is 1. The molecule has 0 saturated carbocycles. The fourth-order valence-corrected chi connectivity index (χ4v) is 3.27. The Morgan fingerprint density at radius 3 is 2.29 bits per heavy atom. The second kappa shape index (κ2) is 7.49. The molecule has 2 atom stereocenters. The molecule has 1 aliphatic heterocycles. The molecule has 2 aromatic rings. The van der Waals surface area contributed by atoms with E-state index in [2.05, 4.69) is 60.3 Å². The summed E-state index contributed by atoms with van der Waals surface area (Å²) in [5.41, 5.74) is 2.49.